The van der Waals surface area contributed by atoms with E-state index in [4.69, 9.17) is 0 Å². The van der Waals surface area contributed by atoms with E-state index in [1.807, 2.05) is 0 Å². The van der Waals surface area contributed by atoms with Crippen LogP contribution in [0.3, 0.4) is 0 Å². The highest BCUT2D eigenvalue weighted by molar-refractivity contribution is 5.96. The second-order valence-electron chi connectivity index (χ2n) is 2.99. The van der Waals surface area contributed by atoms with E-state index < -0.39 is 17.9 Å². The highest BCUT2D eigenvalue weighted by Crippen LogP contribution is 2.36. The summed E-state index contributed by atoms with van der Waals surface area (Å²) >= 11 is 0. The number of carbonyl (C=O) groups excluding carboxylic acids is 1. The number of carbonyl (C=O) groups is 1. The van der Waals surface area contributed by atoms with Crippen molar-refractivity contribution in [2.45, 2.75) is 12.0 Å². The zero-order valence-electron chi connectivity index (χ0n) is 8.09. The predicted molar refractivity (Wildman–Crippen MR) is 47.2 cm³/mol. The van der Waals surface area contributed by atoms with Crippen molar-refractivity contribution in [3.05, 3.63) is 30.3 Å². The predicted octanol–water partition coefficient (Wildman–Crippen LogP) is 2.75. The molecule has 0 spiro atoms. The number of hydrogen-bond acceptors (Lipinski definition) is 2. The van der Waals surface area contributed by atoms with Crippen LogP contribution in [0.25, 0.3) is 0 Å². The standard InChI is InChI=1S/C9H6F5NO2/c10-8(17-14,9(11,12)13)7(16)15-6-4-2-1-3-5-6/h1-5H,(H,15,16). The quantitative estimate of drug-likeness (QED) is 0.843. The van der Waals surface area contributed by atoms with Gasteiger partial charge in [-0.1, -0.05) is 18.2 Å². The molecule has 0 saturated heterocycles. The lowest BCUT2D eigenvalue weighted by atomic mass is 10.2. The smallest absolute Gasteiger partial charge is 0.321 e. The van der Waals surface area contributed by atoms with Gasteiger partial charge in [0.25, 0.3) is 0 Å². The largest absolute Gasteiger partial charge is 0.461 e. The molecule has 94 valence electrons. The minimum absolute atomic E-state index is 0.124. The van der Waals surface area contributed by atoms with Crippen LogP contribution in [0.1, 0.15) is 0 Å². The number of amides is 1. The maximum Gasteiger partial charge on any atom is 0.461 e. The second-order valence-corrected chi connectivity index (χ2v) is 2.99. The monoisotopic (exact) mass is 255 g/mol. The van der Waals surface area contributed by atoms with Gasteiger partial charge in [-0.3, -0.25) is 4.79 Å². The molecule has 1 amide bonds. The van der Waals surface area contributed by atoms with Gasteiger partial charge in [0.15, 0.2) is 0 Å². The molecule has 3 nitrogen and oxygen atoms in total. The van der Waals surface area contributed by atoms with Crippen molar-refractivity contribution in [2.75, 3.05) is 5.32 Å². The van der Waals surface area contributed by atoms with Gasteiger partial charge in [-0.2, -0.15) is 17.6 Å². The highest BCUT2D eigenvalue weighted by Gasteiger charge is 2.65. The van der Waals surface area contributed by atoms with Crippen LogP contribution >= 0.6 is 0 Å². The van der Waals surface area contributed by atoms with Crippen LogP contribution in [0, 0.1) is 0 Å². The van der Waals surface area contributed by atoms with Crippen LogP contribution < -0.4 is 5.32 Å². The van der Waals surface area contributed by atoms with Crippen molar-refractivity contribution in [1.29, 1.82) is 0 Å². The van der Waals surface area contributed by atoms with E-state index in [-0.39, 0.29) is 5.69 Å². The van der Waals surface area contributed by atoms with Gasteiger partial charge >= 0.3 is 17.9 Å². The van der Waals surface area contributed by atoms with Gasteiger partial charge in [0.2, 0.25) is 0 Å². The van der Waals surface area contributed by atoms with E-state index in [1.165, 1.54) is 30.3 Å². The molecule has 17 heavy (non-hydrogen) atoms. The molecular weight excluding hydrogens is 249 g/mol. The molecular formula is C9H6F5NO2. The van der Waals surface area contributed by atoms with Crippen LogP contribution in [0.2, 0.25) is 0 Å². The SMILES string of the molecule is O=C(Nc1ccccc1)C(F)(OF)C(F)(F)F. The first-order valence-corrected chi connectivity index (χ1v) is 4.23. The summed E-state index contributed by atoms with van der Waals surface area (Å²) in [6.45, 7) is 0. The molecule has 0 aliphatic heterocycles. The van der Waals surface area contributed by atoms with Crippen molar-refractivity contribution in [3.63, 3.8) is 0 Å². The third-order valence-corrected chi connectivity index (χ3v) is 1.79. The van der Waals surface area contributed by atoms with Gasteiger partial charge in [0, 0.05) is 5.69 Å². The Labute approximate surface area is 92.1 Å². The molecule has 1 atom stereocenters. The Morgan fingerprint density at radius 2 is 1.65 bits per heavy atom. The van der Waals surface area contributed by atoms with Crippen LogP contribution in [0.15, 0.2) is 30.3 Å². The average molecular weight is 255 g/mol. The Balaban J connectivity index is 2.89. The fourth-order valence-electron chi connectivity index (χ4n) is 0.940. The topological polar surface area (TPSA) is 38.3 Å². The zero-order chi connectivity index (χ0) is 13.1. The molecule has 1 N–H and O–H groups in total. The van der Waals surface area contributed by atoms with E-state index in [0.717, 1.165) is 0 Å². The van der Waals surface area contributed by atoms with E-state index >= 15 is 0 Å². The Bertz CT molecular complexity index is 394. The molecule has 1 aromatic carbocycles. The number of halogens is 5. The maximum atomic E-state index is 13.0. The van der Waals surface area contributed by atoms with Crippen molar-refractivity contribution in [2.24, 2.45) is 0 Å². The van der Waals surface area contributed by atoms with Gasteiger partial charge in [0.1, 0.15) is 0 Å². The average Bonchev–Trinajstić information content (AvgIpc) is 2.27. The van der Waals surface area contributed by atoms with Gasteiger partial charge in [0.05, 0.1) is 0 Å². The van der Waals surface area contributed by atoms with Crippen molar-refractivity contribution < 1.29 is 31.8 Å². The maximum absolute atomic E-state index is 13.0. The molecule has 1 aromatic rings. The van der Waals surface area contributed by atoms with Crippen molar-refractivity contribution in [3.8, 4) is 0 Å². The van der Waals surface area contributed by atoms with Crippen molar-refractivity contribution in [1.82, 2.24) is 0 Å². The molecule has 0 aliphatic carbocycles. The summed E-state index contributed by atoms with van der Waals surface area (Å²) in [4.78, 5) is 13.1. The Morgan fingerprint density at radius 3 is 2.06 bits per heavy atom. The molecule has 1 rings (SSSR count). The summed E-state index contributed by atoms with van der Waals surface area (Å²) in [6.07, 6.45) is -5.82. The Hall–Kier alpha value is -1.70. The molecule has 0 radical (unpaired) electrons. The van der Waals surface area contributed by atoms with Gasteiger partial charge in [-0.05, 0) is 16.7 Å². The van der Waals surface area contributed by atoms with Gasteiger partial charge in [-0.25, -0.2) is 0 Å². The summed E-state index contributed by atoms with van der Waals surface area (Å²) in [7, 11) is 0. The number of para-hydroxylation sites is 1. The molecule has 0 aliphatic rings. The fraction of sp³-hybridized carbons (Fsp3) is 0.222. The highest BCUT2D eigenvalue weighted by atomic mass is 19.4. The summed E-state index contributed by atoms with van der Waals surface area (Å²) in [5.74, 6) is -7.32. The first kappa shape index (κ1) is 13.4. The number of hydrogen-bond donors (Lipinski definition) is 1. The molecule has 0 heterocycles. The summed E-state index contributed by atoms with van der Waals surface area (Å²) in [5.41, 5.74) is -0.124. The summed E-state index contributed by atoms with van der Waals surface area (Å²) in [6, 6.07) is 6.70. The van der Waals surface area contributed by atoms with Crippen LogP contribution in [0.5, 0.6) is 0 Å². The van der Waals surface area contributed by atoms with Gasteiger partial charge < -0.3 is 5.32 Å². The molecule has 0 aromatic heterocycles. The zero-order valence-corrected chi connectivity index (χ0v) is 8.09. The minimum Gasteiger partial charge on any atom is -0.321 e. The fourth-order valence-corrected chi connectivity index (χ4v) is 0.940. The van der Waals surface area contributed by atoms with E-state index in [2.05, 4.69) is 4.94 Å². The molecule has 0 fully saturated rings. The van der Waals surface area contributed by atoms with Crippen LogP contribution in [0.4, 0.5) is 27.8 Å². The lowest BCUT2D eigenvalue weighted by Crippen LogP contribution is -2.51. The third kappa shape index (κ3) is 2.70. The summed E-state index contributed by atoms with van der Waals surface area (Å²) in [5, 5.41) is 1.54. The first-order chi connectivity index (χ1) is 7.81. The summed E-state index contributed by atoms with van der Waals surface area (Å²) < 4.78 is 60.8. The van der Waals surface area contributed by atoms with E-state index in [1.54, 1.807) is 5.32 Å². The number of nitrogens with one attached hydrogen (secondary N) is 1. The van der Waals surface area contributed by atoms with E-state index in [0.29, 0.717) is 0 Å². The number of rotatable bonds is 3. The van der Waals surface area contributed by atoms with Crippen LogP contribution in [-0.2, 0) is 9.74 Å². The molecule has 8 heteroatoms. The first-order valence-electron chi connectivity index (χ1n) is 4.23. The molecule has 0 bridgehead atoms. The Morgan fingerprint density at radius 1 is 1.12 bits per heavy atom. The Kier molecular flexibility index (Phi) is 3.66. The normalized spacial score (nSPS) is 15.1. The lowest BCUT2D eigenvalue weighted by Gasteiger charge is -2.21. The third-order valence-electron chi connectivity index (χ3n) is 1.79. The van der Waals surface area contributed by atoms with Crippen LogP contribution in [-0.4, -0.2) is 17.9 Å². The van der Waals surface area contributed by atoms with Gasteiger partial charge in [-0.15, -0.1) is 4.94 Å². The second kappa shape index (κ2) is 4.66. The van der Waals surface area contributed by atoms with E-state index in [9.17, 15) is 26.9 Å². The lowest BCUT2D eigenvalue weighted by molar-refractivity contribution is -0.379. The number of alkyl halides is 4. The number of anilines is 1. The molecule has 1 unspecified atom stereocenters. The molecule has 0 saturated carbocycles. The van der Waals surface area contributed by atoms with Crippen molar-refractivity contribution >= 4 is 11.6 Å². The minimum atomic E-state index is -5.82. The number of benzene rings is 1.